The van der Waals surface area contributed by atoms with Crippen LogP contribution in [0.25, 0.3) is 0 Å². The van der Waals surface area contributed by atoms with Crippen molar-refractivity contribution in [2.75, 3.05) is 18.5 Å². The Morgan fingerprint density at radius 1 is 1.28 bits per heavy atom. The van der Waals surface area contributed by atoms with Crippen LogP contribution in [0.5, 0.6) is 0 Å². The average Bonchev–Trinajstić information content (AvgIpc) is 3.21. The lowest BCUT2D eigenvalue weighted by molar-refractivity contribution is -0.117. The average molecular weight is 378 g/mol. The lowest BCUT2D eigenvalue weighted by Gasteiger charge is -2.18. The molecule has 7 heteroatoms. The molecule has 2 heterocycles. The first-order chi connectivity index (χ1) is 12.0. The summed E-state index contributed by atoms with van der Waals surface area (Å²) in [6, 6.07) is 11.4. The van der Waals surface area contributed by atoms with Crippen LogP contribution >= 0.6 is 22.9 Å². The largest absolute Gasteiger partial charge is 0.334 e. The molecule has 3 rings (SSSR count). The van der Waals surface area contributed by atoms with Crippen molar-refractivity contribution < 1.29 is 9.59 Å². The Bertz CT molecular complexity index is 760. The van der Waals surface area contributed by atoms with Crippen molar-refractivity contribution >= 4 is 40.6 Å². The summed E-state index contributed by atoms with van der Waals surface area (Å²) in [5, 5.41) is 2.90. The van der Waals surface area contributed by atoms with Gasteiger partial charge in [-0.15, -0.1) is 11.3 Å². The summed E-state index contributed by atoms with van der Waals surface area (Å²) in [4.78, 5) is 28.4. The first kappa shape index (κ1) is 17.8. The van der Waals surface area contributed by atoms with Crippen molar-refractivity contribution in [3.05, 3.63) is 51.2 Å². The number of amides is 3. The number of halogens is 1. The zero-order chi connectivity index (χ0) is 17.8. The second-order valence-electron chi connectivity index (χ2n) is 6.04. The van der Waals surface area contributed by atoms with Gasteiger partial charge in [-0.1, -0.05) is 23.7 Å². The molecule has 1 aliphatic heterocycles. The molecule has 1 saturated heterocycles. The molecule has 0 atom stereocenters. The minimum absolute atomic E-state index is 0.136. The van der Waals surface area contributed by atoms with Gasteiger partial charge in [-0.05, 0) is 36.2 Å². The molecule has 0 unspecified atom stereocenters. The summed E-state index contributed by atoms with van der Waals surface area (Å²) in [5.74, 6) is 0.177. The van der Waals surface area contributed by atoms with E-state index >= 15 is 0 Å². The van der Waals surface area contributed by atoms with Gasteiger partial charge in [0.05, 0.1) is 10.9 Å². The van der Waals surface area contributed by atoms with Gasteiger partial charge in [0.1, 0.15) is 0 Å². The number of carbonyl (C=O) groups is 2. The quantitative estimate of drug-likeness (QED) is 0.859. The van der Waals surface area contributed by atoms with Crippen molar-refractivity contribution in [1.29, 1.82) is 0 Å². The smallest absolute Gasteiger partial charge is 0.317 e. The Hall–Kier alpha value is -2.05. The Morgan fingerprint density at radius 3 is 2.64 bits per heavy atom. The fraction of sp³-hybridized carbons (Fsp3) is 0.333. The first-order valence-electron chi connectivity index (χ1n) is 8.15. The second kappa shape index (κ2) is 7.89. The van der Waals surface area contributed by atoms with E-state index in [0.29, 0.717) is 19.5 Å². The maximum absolute atomic E-state index is 12.2. The normalized spacial score (nSPS) is 14.0. The number of nitrogens with one attached hydrogen (secondary N) is 1. The van der Waals surface area contributed by atoms with E-state index in [2.05, 4.69) is 5.32 Å². The molecule has 25 heavy (non-hydrogen) atoms. The van der Waals surface area contributed by atoms with Crippen molar-refractivity contribution in [3.63, 3.8) is 0 Å². The topological polar surface area (TPSA) is 52.7 Å². The second-order valence-corrected chi connectivity index (χ2v) is 7.84. The summed E-state index contributed by atoms with van der Waals surface area (Å²) in [7, 11) is 1.76. The molecule has 0 bridgehead atoms. The van der Waals surface area contributed by atoms with Crippen LogP contribution in [0.4, 0.5) is 10.5 Å². The van der Waals surface area contributed by atoms with Crippen molar-refractivity contribution in [2.24, 2.45) is 0 Å². The van der Waals surface area contributed by atoms with Crippen LogP contribution in [0.3, 0.4) is 0 Å². The Kier molecular flexibility index (Phi) is 5.60. The molecule has 2 aromatic rings. The summed E-state index contributed by atoms with van der Waals surface area (Å²) >= 11 is 7.38. The van der Waals surface area contributed by atoms with Crippen molar-refractivity contribution in [1.82, 2.24) is 10.2 Å². The third-order valence-electron chi connectivity index (χ3n) is 4.13. The van der Waals surface area contributed by atoms with Crippen LogP contribution in [-0.4, -0.2) is 30.4 Å². The molecule has 5 nitrogen and oxygen atoms in total. The third-order valence-corrected chi connectivity index (χ3v) is 5.35. The Morgan fingerprint density at radius 2 is 2.04 bits per heavy atom. The van der Waals surface area contributed by atoms with E-state index in [9.17, 15) is 9.59 Å². The predicted molar refractivity (Wildman–Crippen MR) is 101 cm³/mol. The minimum Gasteiger partial charge on any atom is -0.334 e. The minimum atomic E-state index is -0.136. The molecule has 1 aromatic carbocycles. The van der Waals surface area contributed by atoms with Gasteiger partial charge in [0.15, 0.2) is 0 Å². The van der Waals surface area contributed by atoms with E-state index in [-0.39, 0.29) is 11.9 Å². The molecule has 0 aliphatic carbocycles. The van der Waals surface area contributed by atoms with E-state index in [0.717, 1.165) is 33.4 Å². The van der Waals surface area contributed by atoms with E-state index in [1.165, 1.54) is 11.3 Å². The van der Waals surface area contributed by atoms with Crippen LogP contribution in [-0.2, 0) is 17.9 Å². The van der Waals surface area contributed by atoms with Crippen LogP contribution in [0.2, 0.25) is 4.34 Å². The summed E-state index contributed by atoms with van der Waals surface area (Å²) in [6.45, 7) is 1.76. The van der Waals surface area contributed by atoms with Gasteiger partial charge in [0, 0.05) is 37.1 Å². The molecule has 0 spiro atoms. The SMILES string of the molecule is CN(Cc1ccc(Cl)s1)C(=O)NCc1ccc(N2CCCC2=O)cc1. The van der Waals surface area contributed by atoms with Gasteiger partial charge in [0.2, 0.25) is 5.91 Å². The molecule has 1 N–H and O–H groups in total. The Labute approximate surface area is 156 Å². The molecule has 3 amide bonds. The molecule has 1 aliphatic rings. The third kappa shape index (κ3) is 4.52. The standard InChI is InChI=1S/C18H20ClN3O2S/c1-21(12-15-8-9-16(19)25-15)18(24)20-11-13-4-6-14(7-5-13)22-10-2-3-17(22)23/h4-9H,2-3,10-12H2,1H3,(H,20,24). The fourth-order valence-corrected chi connectivity index (χ4v) is 3.91. The molecule has 1 fully saturated rings. The molecule has 1 aromatic heterocycles. The van der Waals surface area contributed by atoms with Gasteiger partial charge >= 0.3 is 6.03 Å². The number of anilines is 1. The zero-order valence-electron chi connectivity index (χ0n) is 14.0. The maximum atomic E-state index is 12.2. The highest BCUT2D eigenvalue weighted by Crippen LogP contribution is 2.23. The maximum Gasteiger partial charge on any atom is 0.317 e. The molecule has 132 valence electrons. The highest BCUT2D eigenvalue weighted by molar-refractivity contribution is 7.16. The monoisotopic (exact) mass is 377 g/mol. The van der Waals surface area contributed by atoms with Gasteiger partial charge in [-0.2, -0.15) is 0 Å². The van der Waals surface area contributed by atoms with Crippen LogP contribution in [0.15, 0.2) is 36.4 Å². The summed E-state index contributed by atoms with van der Waals surface area (Å²) in [5.41, 5.74) is 1.92. The van der Waals surface area contributed by atoms with E-state index in [1.807, 2.05) is 41.3 Å². The number of carbonyl (C=O) groups excluding carboxylic acids is 2. The number of urea groups is 1. The van der Waals surface area contributed by atoms with Crippen LogP contribution < -0.4 is 10.2 Å². The van der Waals surface area contributed by atoms with Crippen molar-refractivity contribution in [3.8, 4) is 0 Å². The van der Waals surface area contributed by atoms with Gasteiger partial charge in [-0.25, -0.2) is 4.79 Å². The predicted octanol–water partition coefficient (Wildman–Crippen LogP) is 3.87. The van der Waals surface area contributed by atoms with Gasteiger partial charge in [-0.3, -0.25) is 4.79 Å². The highest BCUT2D eigenvalue weighted by Gasteiger charge is 2.21. The first-order valence-corrected chi connectivity index (χ1v) is 9.35. The number of rotatable bonds is 5. The number of thiophene rings is 1. The lowest BCUT2D eigenvalue weighted by Crippen LogP contribution is -2.36. The van der Waals surface area contributed by atoms with E-state index in [4.69, 9.17) is 11.6 Å². The van der Waals surface area contributed by atoms with Gasteiger partial charge in [0.25, 0.3) is 0 Å². The molecular weight excluding hydrogens is 358 g/mol. The number of nitrogens with zero attached hydrogens (tertiary/aromatic N) is 2. The van der Waals surface area contributed by atoms with E-state index < -0.39 is 0 Å². The van der Waals surface area contributed by atoms with Gasteiger partial charge < -0.3 is 15.1 Å². The molecule has 0 saturated carbocycles. The van der Waals surface area contributed by atoms with Crippen LogP contribution in [0, 0.1) is 0 Å². The molecule has 0 radical (unpaired) electrons. The van der Waals surface area contributed by atoms with Crippen LogP contribution in [0.1, 0.15) is 23.3 Å². The zero-order valence-corrected chi connectivity index (χ0v) is 15.6. The highest BCUT2D eigenvalue weighted by atomic mass is 35.5. The number of benzene rings is 1. The van der Waals surface area contributed by atoms with Crippen molar-refractivity contribution in [2.45, 2.75) is 25.9 Å². The number of hydrogen-bond donors (Lipinski definition) is 1. The fourth-order valence-electron chi connectivity index (χ4n) is 2.77. The summed E-state index contributed by atoms with van der Waals surface area (Å²) < 4.78 is 0.723. The lowest BCUT2D eigenvalue weighted by atomic mass is 10.2. The van der Waals surface area contributed by atoms with E-state index in [1.54, 1.807) is 11.9 Å². The Balaban J connectivity index is 1.50. The number of hydrogen-bond acceptors (Lipinski definition) is 3. The summed E-state index contributed by atoms with van der Waals surface area (Å²) in [6.07, 6.45) is 1.54. The molecular formula is C18H20ClN3O2S.